The van der Waals surface area contributed by atoms with Crippen molar-refractivity contribution in [1.82, 2.24) is 10.6 Å². The molecule has 0 aliphatic rings. The fourth-order valence-corrected chi connectivity index (χ4v) is 1.05. The van der Waals surface area contributed by atoms with Crippen molar-refractivity contribution in [3.05, 3.63) is 12.7 Å². The lowest BCUT2D eigenvalue weighted by Crippen LogP contribution is -2.27. The van der Waals surface area contributed by atoms with Gasteiger partial charge in [0.1, 0.15) is 0 Å². The Bertz CT molecular complexity index is 172. The van der Waals surface area contributed by atoms with Crippen molar-refractivity contribution in [3.63, 3.8) is 0 Å². The molecule has 4 heteroatoms. The van der Waals surface area contributed by atoms with Gasteiger partial charge in [-0.25, -0.2) is 0 Å². The summed E-state index contributed by atoms with van der Waals surface area (Å²) in [6.07, 6.45) is 4.12. The van der Waals surface area contributed by atoms with Crippen molar-refractivity contribution in [2.75, 3.05) is 33.4 Å². The molecule has 0 atom stereocenters. The second-order valence-corrected chi connectivity index (χ2v) is 3.25. The van der Waals surface area contributed by atoms with E-state index in [9.17, 15) is 4.79 Å². The zero-order valence-corrected chi connectivity index (χ0v) is 9.55. The molecule has 1 amide bonds. The Hall–Kier alpha value is -0.870. The van der Waals surface area contributed by atoms with Gasteiger partial charge in [-0.3, -0.25) is 4.79 Å². The maximum absolute atomic E-state index is 11.2. The van der Waals surface area contributed by atoms with Crippen molar-refractivity contribution in [1.29, 1.82) is 0 Å². The van der Waals surface area contributed by atoms with Crippen LogP contribution in [0.5, 0.6) is 0 Å². The predicted octanol–water partition coefficient (Wildman–Crippen LogP) is 0.695. The van der Waals surface area contributed by atoms with Crippen LogP contribution < -0.4 is 10.6 Å². The normalized spacial score (nSPS) is 9.93. The minimum absolute atomic E-state index is 0.0950. The molecule has 0 fully saturated rings. The van der Waals surface area contributed by atoms with E-state index in [1.54, 1.807) is 0 Å². The van der Waals surface area contributed by atoms with E-state index in [1.807, 2.05) is 13.1 Å². The lowest BCUT2D eigenvalue weighted by Gasteiger charge is -2.05. The van der Waals surface area contributed by atoms with Crippen LogP contribution in [-0.4, -0.2) is 39.3 Å². The van der Waals surface area contributed by atoms with E-state index < -0.39 is 0 Å². The second-order valence-electron chi connectivity index (χ2n) is 3.25. The Morgan fingerprint density at radius 2 is 2.20 bits per heavy atom. The van der Waals surface area contributed by atoms with Crippen LogP contribution in [0.1, 0.15) is 19.3 Å². The Balaban J connectivity index is 3.13. The van der Waals surface area contributed by atoms with Gasteiger partial charge in [0.05, 0.1) is 13.2 Å². The number of nitrogens with one attached hydrogen (secondary N) is 2. The average molecular weight is 214 g/mol. The van der Waals surface area contributed by atoms with E-state index >= 15 is 0 Å². The summed E-state index contributed by atoms with van der Waals surface area (Å²) in [6.45, 7) is 6.32. The smallest absolute Gasteiger partial charge is 0.220 e. The minimum atomic E-state index is 0.0950. The molecule has 0 saturated carbocycles. The molecular weight excluding hydrogens is 192 g/mol. The largest absolute Gasteiger partial charge is 0.379 e. The number of carbonyl (C=O) groups is 1. The summed E-state index contributed by atoms with van der Waals surface area (Å²) in [5.41, 5.74) is 0. The highest BCUT2D eigenvalue weighted by Crippen LogP contribution is 1.86. The van der Waals surface area contributed by atoms with E-state index in [4.69, 9.17) is 4.74 Å². The van der Waals surface area contributed by atoms with Gasteiger partial charge in [-0.2, -0.15) is 0 Å². The molecule has 15 heavy (non-hydrogen) atoms. The first-order valence-electron chi connectivity index (χ1n) is 5.41. The Kier molecular flexibility index (Phi) is 10.6. The van der Waals surface area contributed by atoms with E-state index in [2.05, 4.69) is 17.2 Å². The first-order chi connectivity index (χ1) is 7.31. The summed E-state index contributed by atoms with van der Waals surface area (Å²) < 4.78 is 5.25. The lowest BCUT2D eigenvalue weighted by atomic mass is 10.3. The molecule has 0 bridgehead atoms. The molecule has 0 saturated heterocycles. The van der Waals surface area contributed by atoms with Crippen LogP contribution in [0.4, 0.5) is 0 Å². The van der Waals surface area contributed by atoms with Crippen LogP contribution in [-0.2, 0) is 9.53 Å². The lowest BCUT2D eigenvalue weighted by molar-refractivity contribution is -0.121. The first kappa shape index (κ1) is 14.1. The van der Waals surface area contributed by atoms with Crippen LogP contribution in [0.2, 0.25) is 0 Å². The Morgan fingerprint density at radius 3 is 2.87 bits per heavy atom. The van der Waals surface area contributed by atoms with Crippen molar-refractivity contribution in [2.45, 2.75) is 19.3 Å². The van der Waals surface area contributed by atoms with E-state index in [-0.39, 0.29) is 5.91 Å². The van der Waals surface area contributed by atoms with Crippen molar-refractivity contribution in [2.24, 2.45) is 0 Å². The molecule has 0 unspecified atom stereocenters. The minimum Gasteiger partial charge on any atom is -0.379 e. The van der Waals surface area contributed by atoms with Crippen LogP contribution in [0.3, 0.4) is 0 Å². The summed E-state index contributed by atoms with van der Waals surface area (Å²) >= 11 is 0. The quantitative estimate of drug-likeness (QED) is 0.415. The Morgan fingerprint density at radius 1 is 1.40 bits per heavy atom. The Labute approximate surface area is 92.1 Å². The summed E-state index contributed by atoms with van der Waals surface area (Å²) in [5, 5.41) is 5.80. The van der Waals surface area contributed by atoms with E-state index in [0.29, 0.717) is 26.2 Å². The highest BCUT2D eigenvalue weighted by atomic mass is 16.5. The zero-order valence-electron chi connectivity index (χ0n) is 9.55. The van der Waals surface area contributed by atoms with Crippen LogP contribution >= 0.6 is 0 Å². The SMILES string of the molecule is C=CCCOCCNC(=O)CCCNC. The maximum Gasteiger partial charge on any atom is 0.220 e. The fraction of sp³-hybridized carbons (Fsp3) is 0.727. The van der Waals surface area contributed by atoms with Gasteiger partial charge >= 0.3 is 0 Å². The molecule has 0 aromatic rings. The number of hydrogen-bond acceptors (Lipinski definition) is 3. The molecule has 2 N–H and O–H groups in total. The molecule has 88 valence electrons. The molecule has 0 rings (SSSR count). The van der Waals surface area contributed by atoms with Gasteiger partial charge in [-0.05, 0) is 26.4 Å². The number of carbonyl (C=O) groups excluding carboxylic acids is 1. The summed E-state index contributed by atoms with van der Waals surface area (Å²) in [6, 6.07) is 0. The zero-order chi connectivity index (χ0) is 11.4. The van der Waals surface area contributed by atoms with Gasteiger partial charge in [0.2, 0.25) is 5.91 Å². The summed E-state index contributed by atoms with van der Waals surface area (Å²) in [4.78, 5) is 11.2. The van der Waals surface area contributed by atoms with Gasteiger partial charge in [-0.1, -0.05) is 6.08 Å². The molecule has 0 aliphatic heterocycles. The van der Waals surface area contributed by atoms with Crippen LogP contribution in [0.15, 0.2) is 12.7 Å². The molecule has 0 heterocycles. The summed E-state index contributed by atoms with van der Waals surface area (Å²) in [7, 11) is 1.88. The summed E-state index contributed by atoms with van der Waals surface area (Å²) in [5.74, 6) is 0.0950. The number of amides is 1. The maximum atomic E-state index is 11.2. The van der Waals surface area contributed by atoms with Crippen molar-refractivity contribution >= 4 is 5.91 Å². The molecule has 4 nitrogen and oxygen atoms in total. The third-order valence-corrected chi connectivity index (χ3v) is 1.87. The molecule has 0 radical (unpaired) electrons. The molecule has 0 aromatic heterocycles. The molecular formula is C11H22N2O2. The van der Waals surface area contributed by atoms with Gasteiger partial charge < -0.3 is 15.4 Å². The fourth-order valence-electron chi connectivity index (χ4n) is 1.05. The van der Waals surface area contributed by atoms with E-state index in [0.717, 1.165) is 19.4 Å². The van der Waals surface area contributed by atoms with Crippen LogP contribution in [0.25, 0.3) is 0 Å². The van der Waals surface area contributed by atoms with Crippen molar-refractivity contribution < 1.29 is 9.53 Å². The van der Waals surface area contributed by atoms with Crippen LogP contribution in [0, 0.1) is 0 Å². The topological polar surface area (TPSA) is 50.4 Å². The monoisotopic (exact) mass is 214 g/mol. The van der Waals surface area contributed by atoms with E-state index in [1.165, 1.54) is 0 Å². The third-order valence-electron chi connectivity index (χ3n) is 1.87. The standard InChI is InChI=1S/C11H22N2O2/c1-3-4-9-15-10-8-13-11(14)6-5-7-12-2/h3,12H,1,4-10H2,2H3,(H,13,14). The predicted molar refractivity (Wildman–Crippen MR) is 61.8 cm³/mol. The molecule has 0 spiro atoms. The molecule has 0 aromatic carbocycles. The first-order valence-corrected chi connectivity index (χ1v) is 5.41. The van der Waals surface area contributed by atoms with Gasteiger partial charge in [0.15, 0.2) is 0 Å². The van der Waals surface area contributed by atoms with Gasteiger partial charge in [0, 0.05) is 13.0 Å². The number of hydrogen-bond donors (Lipinski definition) is 2. The van der Waals surface area contributed by atoms with Gasteiger partial charge in [-0.15, -0.1) is 6.58 Å². The molecule has 0 aliphatic carbocycles. The van der Waals surface area contributed by atoms with Crippen molar-refractivity contribution in [3.8, 4) is 0 Å². The number of rotatable bonds is 10. The van der Waals surface area contributed by atoms with Gasteiger partial charge in [0.25, 0.3) is 0 Å². The highest BCUT2D eigenvalue weighted by molar-refractivity contribution is 5.75. The average Bonchev–Trinajstić information content (AvgIpc) is 2.23. The second kappa shape index (κ2) is 11.2. The number of ether oxygens (including phenoxy) is 1. The highest BCUT2D eigenvalue weighted by Gasteiger charge is 1.98. The third kappa shape index (κ3) is 11.1.